The van der Waals surface area contributed by atoms with Crippen LogP contribution in [0.4, 0.5) is 17.7 Å². The summed E-state index contributed by atoms with van der Waals surface area (Å²) >= 11 is 4.78. The Morgan fingerprint density at radius 3 is 1.91 bits per heavy atom. The van der Waals surface area contributed by atoms with Crippen molar-refractivity contribution in [3.8, 4) is 0 Å². The molecule has 3 aliphatic heterocycles. The van der Waals surface area contributed by atoms with Crippen molar-refractivity contribution in [1.29, 1.82) is 0 Å². The van der Waals surface area contributed by atoms with E-state index in [2.05, 4.69) is 48.5 Å². The number of nitrogens with zero attached hydrogens (tertiary/aromatic N) is 10. The molecule has 43 heteroatoms. The molecule has 9 rings (SSSR count). The molecular weight excluding hydrogens is 1170 g/mol. The largest absolute Gasteiger partial charge is 0.479 e. The van der Waals surface area contributed by atoms with Crippen LogP contribution in [0, 0.1) is 0 Å². The Labute approximate surface area is 446 Å². The van der Waals surface area contributed by atoms with E-state index in [0.29, 0.717) is 0 Å². The van der Waals surface area contributed by atoms with E-state index >= 15 is 0 Å². The van der Waals surface area contributed by atoms with E-state index in [4.69, 9.17) is 75.5 Å². The predicted molar refractivity (Wildman–Crippen MR) is 264 cm³/mol. The number of hydrogen-bond acceptors (Lipinski definition) is 29. The fourth-order valence-corrected chi connectivity index (χ4v) is 15.0. The number of hydrogen-bond donors (Lipinski definition) is 11. The molecule has 16 atom stereocenters. The minimum atomic E-state index is -5.74. The number of H-pyrrole nitrogens is 2. The van der Waals surface area contributed by atoms with Crippen molar-refractivity contribution in [2.24, 2.45) is 7.05 Å². The Morgan fingerprint density at radius 1 is 0.722 bits per heavy atom. The molecular formula is C36H52N15O23P4S+. The molecule has 0 amide bonds. The van der Waals surface area contributed by atoms with E-state index in [-0.39, 0.29) is 51.2 Å². The number of rotatable bonds is 22. The topological polar surface area (TPSA) is 523 Å². The molecule has 14 N–H and O–H groups in total. The number of aryl methyl sites for hydroxylation is 1. The van der Waals surface area contributed by atoms with E-state index in [1.165, 1.54) is 45.1 Å². The third kappa shape index (κ3) is 12.3. The highest BCUT2D eigenvalue weighted by Crippen LogP contribution is 2.68. The second-order valence-electron chi connectivity index (χ2n) is 17.8. The van der Waals surface area contributed by atoms with Crippen molar-refractivity contribution in [2.45, 2.75) is 93.6 Å². The summed E-state index contributed by atoms with van der Waals surface area (Å²) in [6, 6.07) is 0. The van der Waals surface area contributed by atoms with Gasteiger partial charge in [0.2, 0.25) is 17.7 Å². The van der Waals surface area contributed by atoms with Crippen LogP contribution in [0.3, 0.4) is 0 Å². The second kappa shape index (κ2) is 22.6. The van der Waals surface area contributed by atoms with Gasteiger partial charge in [-0.2, -0.15) is 4.98 Å². The quantitative estimate of drug-likeness (QED) is 0.0247. The number of nitrogens with one attached hydrogen (secondary N) is 2. The Balaban J connectivity index is 0.882. The van der Waals surface area contributed by atoms with Gasteiger partial charge in [0.25, 0.3) is 17.1 Å². The molecule has 6 aromatic heterocycles. The summed E-state index contributed by atoms with van der Waals surface area (Å²) < 4.78 is 111. The van der Waals surface area contributed by atoms with Crippen LogP contribution in [-0.2, 0) is 87.7 Å². The highest BCUT2D eigenvalue weighted by atomic mass is 32.5. The number of aliphatic hydroxyl groups excluding tert-OH is 2. The molecule has 79 heavy (non-hydrogen) atoms. The van der Waals surface area contributed by atoms with Gasteiger partial charge in [0.15, 0.2) is 41.4 Å². The van der Waals surface area contributed by atoms with Crippen molar-refractivity contribution in [3.05, 3.63) is 46.0 Å². The fourth-order valence-electron chi connectivity index (χ4n) is 9.04. The summed E-state index contributed by atoms with van der Waals surface area (Å²) in [4.78, 5) is 97.9. The summed E-state index contributed by atoms with van der Waals surface area (Å²) in [6.45, 7) is -4.94. The van der Waals surface area contributed by atoms with E-state index in [1.807, 2.05) is 0 Å². The SMILES string of the molecule is COC1[C@@H](OP(=O)(O)OC[C@H]2O[C@@H](n3cnc4c(=O)[nH]c(N)nc43)C(O)[C@H]2OC(C)C)[C@@H](COP(=O)(O)OP(O)(=S)OP(=O)(O)OC[C@H]2O[C@@H]([n+]3cn(C)c4c(=O)[nH]c(N)nc43)C(O)[C@H]2OC)O[C@H]1n1cnc2c(N)ncnc21. The normalized spacial score (nSPS) is 29.6. The van der Waals surface area contributed by atoms with Crippen LogP contribution in [0.15, 0.2) is 34.9 Å². The highest BCUT2D eigenvalue weighted by Gasteiger charge is 2.54. The molecule has 0 saturated carbocycles. The monoisotopic (exact) mass is 1220 g/mol. The van der Waals surface area contributed by atoms with Crippen molar-refractivity contribution in [3.63, 3.8) is 0 Å². The summed E-state index contributed by atoms with van der Waals surface area (Å²) in [7, 11) is -12.9. The first-order valence-corrected chi connectivity index (χ1v) is 30.0. The van der Waals surface area contributed by atoms with Gasteiger partial charge in [0, 0.05) is 14.2 Å². The lowest BCUT2D eigenvalue weighted by atomic mass is 10.1. The second-order valence-corrected chi connectivity index (χ2v) is 25.3. The van der Waals surface area contributed by atoms with Gasteiger partial charge in [-0.05, 0) is 25.7 Å². The molecule has 38 nitrogen and oxygen atoms in total. The first-order chi connectivity index (χ1) is 37.1. The Bertz CT molecular complexity index is 3570. The van der Waals surface area contributed by atoms with Gasteiger partial charge in [-0.1, -0.05) is 4.98 Å². The summed E-state index contributed by atoms with van der Waals surface area (Å²) in [6.07, 6.45) is -13.2. The van der Waals surface area contributed by atoms with Crippen LogP contribution >= 0.6 is 30.2 Å². The van der Waals surface area contributed by atoms with Crippen molar-refractivity contribution < 1.29 is 103 Å². The van der Waals surface area contributed by atoms with E-state index < -0.39 is 141 Å². The highest BCUT2D eigenvalue weighted by molar-refractivity contribution is 8.09. The molecule has 0 aliphatic carbocycles. The molecule has 3 saturated heterocycles. The predicted octanol–water partition coefficient (Wildman–Crippen LogP) is -2.51. The molecule has 3 fully saturated rings. The zero-order valence-electron chi connectivity index (χ0n) is 41.5. The number of nitrogen functional groups attached to an aromatic ring is 3. The first-order valence-electron chi connectivity index (χ1n) is 22.9. The Kier molecular flexibility index (Phi) is 16.8. The number of imidazole rings is 3. The van der Waals surface area contributed by atoms with Gasteiger partial charge in [-0.3, -0.25) is 51.4 Å². The third-order valence-corrected chi connectivity index (χ3v) is 18.6. The number of fused-ring (bicyclic) bond motifs is 3. The van der Waals surface area contributed by atoms with Crippen LogP contribution < -0.4 is 32.9 Å². The average molecular weight is 1220 g/mol. The lowest BCUT2D eigenvalue weighted by Gasteiger charge is -2.27. The van der Waals surface area contributed by atoms with Gasteiger partial charge in [0.05, 0.1) is 45.6 Å². The number of methoxy groups -OCH3 is 2. The molecule has 3 aliphatic rings. The Hall–Kier alpha value is -4.73. The summed E-state index contributed by atoms with van der Waals surface area (Å²) in [5, 5.41) is 22.6. The first kappa shape index (κ1) is 58.9. The van der Waals surface area contributed by atoms with Gasteiger partial charge in [0.1, 0.15) is 66.8 Å². The van der Waals surface area contributed by atoms with Crippen LogP contribution in [0.1, 0.15) is 32.5 Å². The number of aromatic amines is 2. The van der Waals surface area contributed by atoms with Crippen LogP contribution in [0.2, 0.25) is 0 Å². The molecule has 7 unspecified atom stereocenters. The number of aromatic nitrogens is 12. The van der Waals surface area contributed by atoms with Gasteiger partial charge in [-0.25, -0.2) is 46.8 Å². The zero-order chi connectivity index (χ0) is 57.3. The number of nitrogens with two attached hydrogens (primary N) is 3. The lowest BCUT2D eigenvalue weighted by molar-refractivity contribution is -0.745. The van der Waals surface area contributed by atoms with Crippen LogP contribution in [-0.4, -0.2) is 178 Å². The van der Waals surface area contributed by atoms with Crippen LogP contribution in [0.5, 0.6) is 0 Å². The minimum Gasteiger partial charge on any atom is -0.386 e. The average Bonchev–Trinajstić information content (AvgIpc) is 4.40. The minimum absolute atomic E-state index is 0.00786. The molecule has 9 heterocycles. The van der Waals surface area contributed by atoms with Gasteiger partial charge in [-0.15, -0.1) is 0 Å². The maximum atomic E-state index is 14.0. The third-order valence-electron chi connectivity index (χ3n) is 12.2. The molecule has 0 spiro atoms. The lowest BCUT2D eigenvalue weighted by Crippen LogP contribution is -2.46. The maximum Gasteiger partial charge on any atom is 0.479 e. The fraction of sp³-hybridized carbons (Fsp3) is 0.583. The number of ether oxygens (including phenoxy) is 6. The van der Waals surface area contributed by atoms with Crippen LogP contribution in [0.25, 0.3) is 33.5 Å². The molecule has 0 radical (unpaired) electrons. The van der Waals surface area contributed by atoms with Crippen molar-refractivity contribution in [1.82, 2.24) is 53.6 Å². The molecule has 6 aromatic rings. The van der Waals surface area contributed by atoms with E-state index in [0.717, 1.165) is 19.8 Å². The summed E-state index contributed by atoms with van der Waals surface area (Å²) in [5.41, 5.74) is 16.2. The van der Waals surface area contributed by atoms with E-state index in [1.54, 1.807) is 13.8 Å². The van der Waals surface area contributed by atoms with Crippen molar-refractivity contribution in [2.75, 3.05) is 51.2 Å². The summed E-state index contributed by atoms with van der Waals surface area (Å²) in [5.74, 6) is -0.571. The number of phosphoric ester groups is 3. The van der Waals surface area contributed by atoms with Gasteiger partial charge >= 0.3 is 35.8 Å². The number of phosphoric acid groups is 3. The standard InChI is InChI=1S/C36H51N15O23P4S/c1-13(2)68-23-15(70-32(21(23)53)50-11-43-18-28(50)44-35(38)46-30(18)54)7-65-75(56,57)72-24-16(71-34(25(24)64-5)49-10-42-17-26(37)40-9-41-27(17)49)8-67-77(60,61)74-78(62,79)73-76(58,59)66-6-14-22(63-4)20(52)33(69-14)51-12-48(3)19-29(51)45-36(39)47-31(19)55/h9-16,20-25,32-34,52-53H,6-8H2,1-5H3,(H11-,37,38,39,40,41,44,45,46,47,54,55,56,57,58,59,60,61,62,79)/p+1/t14-,15-,16-,20?,21?,22+,23+,24+,25?,32-,33-,34-,78?/m1/s1. The zero-order valence-corrected chi connectivity index (χ0v) is 45.9. The maximum absolute atomic E-state index is 14.0. The van der Waals surface area contributed by atoms with E-state index in [9.17, 15) is 53.1 Å². The number of anilines is 3. The molecule has 434 valence electrons. The Morgan fingerprint density at radius 2 is 1.28 bits per heavy atom. The molecule has 0 bridgehead atoms. The smallest absolute Gasteiger partial charge is 0.386 e. The van der Waals surface area contributed by atoms with Gasteiger partial charge < -0.3 is 75.4 Å². The molecule has 0 aromatic carbocycles. The van der Waals surface area contributed by atoms with Crippen molar-refractivity contribution >= 4 is 93.2 Å². The number of aliphatic hydroxyl groups is 2.